The first-order chi connectivity index (χ1) is 26.4. The monoisotopic (exact) mass is 752 g/mol. The fourth-order valence-electron chi connectivity index (χ4n) is 6.96. The van der Waals surface area contributed by atoms with Gasteiger partial charge in [0.05, 0.1) is 17.9 Å². The van der Waals surface area contributed by atoms with Gasteiger partial charge < -0.3 is 29.7 Å². The Bertz CT molecular complexity index is 2070. The van der Waals surface area contributed by atoms with Gasteiger partial charge in [0.1, 0.15) is 24.3 Å². The first kappa shape index (κ1) is 39.0. The topological polar surface area (TPSA) is 164 Å². The smallest absolute Gasteiger partial charge is 0.320 e. The number of ether oxygens (including phenoxy) is 2. The molecular weight excluding hydrogens is 701 g/mol. The van der Waals surface area contributed by atoms with Gasteiger partial charge in [-0.15, -0.1) is 10.2 Å². The number of benzene rings is 1. The van der Waals surface area contributed by atoms with Gasteiger partial charge in [0, 0.05) is 36.7 Å². The second-order valence-corrected chi connectivity index (χ2v) is 15.3. The van der Waals surface area contributed by atoms with E-state index in [1.807, 2.05) is 73.2 Å². The minimum Gasteiger partial charge on any atom is -0.484 e. The highest BCUT2D eigenvalue weighted by Crippen LogP contribution is 2.39. The van der Waals surface area contributed by atoms with Crippen molar-refractivity contribution in [3.63, 3.8) is 0 Å². The summed E-state index contributed by atoms with van der Waals surface area (Å²) in [6.45, 7) is 10.5. The Morgan fingerprint density at radius 2 is 1.80 bits per heavy atom. The summed E-state index contributed by atoms with van der Waals surface area (Å²) in [6.07, 6.45) is 6.82. The van der Waals surface area contributed by atoms with Gasteiger partial charge in [0.25, 0.3) is 6.47 Å². The molecule has 1 aliphatic heterocycles. The van der Waals surface area contributed by atoms with Crippen molar-refractivity contribution < 1.29 is 24.2 Å². The molecule has 0 radical (unpaired) electrons. The summed E-state index contributed by atoms with van der Waals surface area (Å²) < 4.78 is 16.3. The van der Waals surface area contributed by atoms with Crippen molar-refractivity contribution in [3.05, 3.63) is 83.7 Å². The zero-order valence-corrected chi connectivity index (χ0v) is 32.5. The largest absolute Gasteiger partial charge is 0.484 e. The van der Waals surface area contributed by atoms with Crippen LogP contribution in [0.5, 0.6) is 11.6 Å². The highest BCUT2D eigenvalue weighted by atomic mass is 16.5. The number of carbonyl (C=O) groups is 2. The quantitative estimate of drug-likeness (QED) is 0.135. The molecule has 292 valence electrons. The number of nitrogens with one attached hydrogen (secondary N) is 2. The summed E-state index contributed by atoms with van der Waals surface area (Å²) in [5.74, 6) is 3.19. The Hall–Kier alpha value is -5.70. The predicted octanol–water partition coefficient (Wildman–Crippen LogP) is 6.40. The molecule has 15 heteroatoms. The van der Waals surface area contributed by atoms with Crippen LogP contribution in [0.4, 0.5) is 16.6 Å². The van der Waals surface area contributed by atoms with E-state index in [1.54, 1.807) is 4.68 Å². The lowest BCUT2D eigenvalue weighted by Crippen LogP contribution is -2.38. The molecule has 0 saturated carbocycles. The van der Waals surface area contributed by atoms with Crippen molar-refractivity contribution >= 4 is 29.9 Å². The maximum absolute atomic E-state index is 13.7. The average Bonchev–Trinajstić information content (AvgIpc) is 3.78. The van der Waals surface area contributed by atoms with Crippen LogP contribution in [0.15, 0.2) is 66.9 Å². The van der Waals surface area contributed by atoms with Crippen LogP contribution in [0.1, 0.15) is 88.8 Å². The fraction of sp³-hybridized carbons (Fsp3) is 0.450. The first-order valence-corrected chi connectivity index (χ1v) is 18.8. The number of hydrogen-bond acceptors (Lipinski definition) is 10. The average molecular weight is 753 g/mol. The van der Waals surface area contributed by atoms with Gasteiger partial charge in [-0.3, -0.25) is 14.5 Å². The van der Waals surface area contributed by atoms with Crippen molar-refractivity contribution in [2.75, 3.05) is 44.0 Å². The van der Waals surface area contributed by atoms with Gasteiger partial charge in [-0.2, -0.15) is 14.8 Å². The second kappa shape index (κ2) is 17.2. The molecule has 1 aromatic carbocycles. The molecule has 55 heavy (non-hydrogen) atoms. The molecule has 5 aromatic rings. The van der Waals surface area contributed by atoms with Gasteiger partial charge >= 0.3 is 6.03 Å². The second-order valence-electron chi connectivity index (χ2n) is 15.3. The molecule has 3 atom stereocenters. The lowest BCUT2D eigenvalue weighted by atomic mass is 9.85. The van der Waals surface area contributed by atoms with Crippen LogP contribution in [0.2, 0.25) is 0 Å². The number of hydrogen-bond donors (Lipinski definition) is 3. The Morgan fingerprint density at radius 1 is 1.02 bits per heavy atom. The van der Waals surface area contributed by atoms with Crippen molar-refractivity contribution in [2.45, 2.75) is 83.4 Å². The van der Waals surface area contributed by atoms with Crippen LogP contribution in [0.3, 0.4) is 0 Å². The van der Waals surface area contributed by atoms with Gasteiger partial charge in [-0.05, 0) is 82.4 Å². The van der Waals surface area contributed by atoms with Crippen molar-refractivity contribution in [1.29, 1.82) is 0 Å². The lowest BCUT2D eigenvalue weighted by molar-refractivity contribution is -0.122. The number of aromatic nitrogens is 6. The SMILES string of the molecule is C[C@H]1CCCCN1c1nnc2ccc(O[C@@H]3CC[C@H](NC(=O)Nc4cc(C(C)(C)C)nn4-c4cccc(OCCN(C)C)n4)c4ccccc43)cn12.O=CO. The Kier molecular flexibility index (Phi) is 12.2. The predicted molar refractivity (Wildman–Crippen MR) is 210 cm³/mol. The number of rotatable bonds is 10. The molecule has 2 aliphatic rings. The highest BCUT2D eigenvalue weighted by Gasteiger charge is 2.31. The number of carboxylic acid groups (broad SMARTS) is 1. The van der Waals surface area contributed by atoms with E-state index in [-0.39, 0.29) is 30.1 Å². The number of amides is 2. The normalized spacial score (nSPS) is 18.2. The van der Waals surface area contributed by atoms with Crippen LogP contribution in [-0.2, 0) is 10.2 Å². The molecule has 1 aliphatic carbocycles. The van der Waals surface area contributed by atoms with Crippen molar-refractivity contribution in [1.82, 2.24) is 39.6 Å². The number of piperidine rings is 1. The van der Waals surface area contributed by atoms with E-state index in [9.17, 15) is 4.79 Å². The zero-order chi connectivity index (χ0) is 39.1. The number of fused-ring (bicyclic) bond motifs is 2. The molecule has 0 bridgehead atoms. The van der Waals surface area contributed by atoms with Crippen molar-refractivity contribution in [3.8, 4) is 17.4 Å². The third-order valence-electron chi connectivity index (χ3n) is 9.87. The zero-order valence-electron chi connectivity index (χ0n) is 32.5. The van der Waals surface area contributed by atoms with Crippen LogP contribution in [-0.4, -0.2) is 91.7 Å². The van der Waals surface area contributed by atoms with Crippen molar-refractivity contribution in [2.24, 2.45) is 0 Å². The van der Waals surface area contributed by atoms with Gasteiger partial charge in [-0.25, -0.2) is 4.79 Å². The van der Waals surface area contributed by atoms with Crippen LogP contribution < -0.4 is 25.0 Å². The number of pyridine rings is 2. The minimum absolute atomic E-state index is 0.169. The molecule has 3 N–H and O–H groups in total. The Labute approximate surface area is 321 Å². The van der Waals surface area contributed by atoms with E-state index in [2.05, 4.69) is 70.5 Å². The molecule has 1 fully saturated rings. The molecule has 5 heterocycles. The number of nitrogens with zero attached hydrogens (tertiary/aromatic N) is 8. The molecule has 0 unspecified atom stereocenters. The fourth-order valence-corrected chi connectivity index (χ4v) is 6.96. The summed E-state index contributed by atoms with van der Waals surface area (Å²) in [4.78, 5) is 31.2. The van der Waals surface area contributed by atoms with E-state index in [4.69, 9.17) is 29.5 Å². The molecule has 15 nitrogen and oxygen atoms in total. The number of urea groups is 1. The summed E-state index contributed by atoms with van der Waals surface area (Å²) in [7, 11) is 4.00. The third kappa shape index (κ3) is 9.34. The Morgan fingerprint density at radius 3 is 2.55 bits per heavy atom. The molecule has 7 rings (SSSR count). The molecule has 2 amide bonds. The lowest BCUT2D eigenvalue weighted by Gasteiger charge is -2.33. The number of likely N-dealkylation sites (N-methyl/N-ethyl adjacent to an activating group) is 1. The molecular formula is C40H52N10O5. The summed E-state index contributed by atoms with van der Waals surface area (Å²) in [6, 6.07) is 19.5. The van der Waals surface area contributed by atoms with E-state index >= 15 is 0 Å². The summed E-state index contributed by atoms with van der Waals surface area (Å²) >= 11 is 0. The Balaban J connectivity index is 0.00000166. The highest BCUT2D eigenvalue weighted by molar-refractivity contribution is 5.89. The van der Waals surface area contributed by atoms with Crippen LogP contribution >= 0.6 is 0 Å². The van der Waals surface area contributed by atoms with E-state index in [0.29, 0.717) is 36.6 Å². The van der Waals surface area contributed by atoms with Gasteiger partial charge in [0.15, 0.2) is 11.5 Å². The van der Waals surface area contributed by atoms with Gasteiger partial charge in [0.2, 0.25) is 11.8 Å². The van der Waals surface area contributed by atoms with Crippen LogP contribution in [0, 0.1) is 0 Å². The van der Waals surface area contributed by atoms with E-state index in [0.717, 1.165) is 66.5 Å². The van der Waals surface area contributed by atoms with Crippen LogP contribution in [0.25, 0.3) is 11.5 Å². The van der Waals surface area contributed by atoms with Gasteiger partial charge in [-0.1, -0.05) is 51.1 Å². The summed E-state index contributed by atoms with van der Waals surface area (Å²) in [5, 5.41) is 27.0. The molecule has 1 saturated heterocycles. The number of anilines is 2. The van der Waals surface area contributed by atoms with E-state index in [1.165, 1.54) is 6.42 Å². The summed E-state index contributed by atoms with van der Waals surface area (Å²) in [5.41, 5.74) is 3.47. The number of carbonyl (C=O) groups excluding carboxylic acids is 1. The maximum atomic E-state index is 13.7. The third-order valence-corrected chi connectivity index (χ3v) is 9.87. The standard InChI is InChI=1S/C39H50N10O3.CH2O2/c1-26-12-9-10-21-47(26)38-44-43-34-20-17-27(25-48(34)38)52-31-19-18-30(28-13-7-8-14-29(28)31)40-37(50)42-35-24-32(39(2,3)4)45-49(35)33-15-11-16-36(41-33)51-23-22-46(5)6;2-1-3/h7-8,11,13-17,20,24-26,30-31H,9-10,12,18-19,21-23H2,1-6H3,(H2,40,42,50);1H,(H,2,3)/t26-,30-,31+;/m0./s1. The maximum Gasteiger partial charge on any atom is 0.320 e. The minimum atomic E-state index is -0.323. The molecule has 4 aromatic heterocycles. The van der Waals surface area contributed by atoms with E-state index < -0.39 is 0 Å². The molecule has 0 spiro atoms. The first-order valence-electron chi connectivity index (χ1n) is 18.8.